The van der Waals surface area contributed by atoms with E-state index in [2.05, 4.69) is 0 Å². The minimum Gasteiger partial charge on any atom is -0.444 e. The Balaban J connectivity index is 2.18. The summed E-state index contributed by atoms with van der Waals surface area (Å²) in [6.45, 7) is 3.92. The van der Waals surface area contributed by atoms with Crippen molar-refractivity contribution in [2.45, 2.75) is 24.8 Å². The Hall–Kier alpha value is -2.44. The van der Waals surface area contributed by atoms with Crippen molar-refractivity contribution in [1.82, 2.24) is 9.21 Å². The van der Waals surface area contributed by atoms with Crippen LogP contribution in [0, 0.1) is 11.3 Å². The van der Waals surface area contributed by atoms with E-state index >= 15 is 0 Å². The van der Waals surface area contributed by atoms with Gasteiger partial charge in [0, 0.05) is 33.1 Å². The summed E-state index contributed by atoms with van der Waals surface area (Å²) >= 11 is 0. The van der Waals surface area contributed by atoms with Crippen molar-refractivity contribution in [3.8, 4) is 6.07 Å². The molecule has 1 aromatic carbocycles. The van der Waals surface area contributed by atoms with Crippen LogP contribution < -0.4 is 0 Å². The summed E-state index contributed by atoms with van der Waals surface area (Å²) in [7, 11) is -3.78. The van der Waals surface area contributed by atoms with E-state index in [4.69, 9.17) is 10.00 Å². The quantitative estimate of drug-likeness (QED) is 0.724. The third-order valence-electron chi connectivity index (χ3n) is 3.86. The van der Waals surface area contributed by atoms with Gasteiger partial charge in [-0.25, -0.2) is 13.2 Å². The molecule has 1 heterocycles. The van der Waals surface area contributed by atoms with Crippen LogP contribution in [-0.2, 0) is 19.6 Å². The fourth-order valence-corrected chi connectivity index (χ4v) is 3.90. The highest BCUT2D eigenvalue weighted by molar-refractivity contribution is 7.89. The van der Waals surface area contributed by atoms with E-state index in [9.17, 15) is 18.0 Å². The van der Waals surface area contributed by atoms with Crippen molar-refractivity contribution >= 4 is 21.9 Å². The molecule has 9 heteroatoms. The van der Waals surface area contributed by atoms with Gasteiger partial charge in [-0.3, -0.25) is 4.79 Å². The average molecular weight is 365 g/mol. The number of hydrogen-bond acceptors (Lipinski definition) is 6. The fraction of sp³-hybridized carbons (Fsp3) is 0.438. The van der Waals surface area contributed by atoms with Crippen LogP contribution in [0.3, 0.4) is 0 Å². The van der Waals surface area contributed by atoms with E-state index in [0.717, 1.165) is 0 Å². The lowest BCUT2D eigenvalue weighted by molar-refractivity contribution is -0.129. The van der Waals surface area contributed by atoms with Gasteiger partial charge < -0.3 is 9.64 Å². The Morgan fingerprint density at radius 1 is 1.24 bits per heavy atom. The summed E-state index contributed by atoms with van der Waals surface area (Å²) < 4.78 is 31.6. The molecule has 1 amide bonds. The Labute approximate surface area is 146 Å². The first-order chi connectivity index (χ1) is 11.8. The number of rotatable bonds is 4. The summed E-state index contributed by atoms with van der Waals surface area (Å²) in [5.74, 6) is -0.846. The zero-order chi connectivity index (χ0) is 18.6. The summed E-state index contributed by atoms with van der Waals surface area (Å²) in [6.07, 6.45) is -0.924. The first kappa shape index (κ1) is 18.9. The predicted octanol–water partition coefficient (Wildman–Crippen LogP) is 0.608. The maximum Gasteiger partial charge on any atom is 0.339 e. The normalized spacial score (nSPS) is 16.8. The molecule has 1 atom stereocenters. The molecule has 134 valence electrons. The topological polar surface area (TPSA) is 108 Å². The maximum absolute atomic E-state index is 12.7. The molecule has 0 spiro atoms. The minimum atomic E-state index is -3.78. The molecule has 0 saturated carbocycles. The van der Waals surface area contributed by atoms with Crippen LogP contribution in [0.4, 0.5) is 0 Å². The van der Waals surface area contributed by atoms with Crippen molar-refractivity contribution in [3.05, 3.63) is 29.8 Å². The Morgan fingerprint density at radius 2 is 1.88 bits per heavy atom. The average Bonchev–Trinajstić information content (AvgIpc) is 2.61. The van der Waals surface area contributed by atoms with Gasteiger partial charge in [0.05, 0.1) is 10.5 Å². The van der Waals surface area contributed by atoms with Crippen LogP contribution in [0.15, 0.2) is 29.2 Å². The smallest absolute Gasteiger partial charge is 0.339 e. The SMILES string of the molecule is CC(=O)N1CCN(S(=O)(=O)c2cccc(C(=O)O[C@@H](C)C#N)c2)CC1. The first-order valence-corrected chi connectivity index (χ1v) is 9.16. The summed E-state index contributed by atoms with van der Waals surface area (Å²) in [5.41, 5.74) is 0.0607. The third-order valence-corrected chi connectivity index (χ3v) is 5.75. The van der Waals surface area contributed by atoms with E-state index in [1.807, 2.05) is 0 Å². The van der Waals surface area contributed by atoms with Crippen LogP contribution >= 0.6 is 0 Å². The van der Waals surface area contributed by atoms with Crippen molar-refractivity contribution in [3.63, 3.8) is 0 Å². The monoisotopic (exact) mass is 365 g/mol. The molecule has 1 saturated heterocycles. The maximum atomic E-state index is 12.7. The highest BCUT2D eigenvalue weighted by Crippen LogP contribution is 2.19. The number of sulfonamides is 1. The van der Waals surface area contributed by atoms with E-state index in [0.29, 0.717) is 13.1 Å². The largest absolute Gasteiger partial charge is 0.444 e. The van der Waals surface area contributed by atoms with Gasteiger partial charge in [-0.1, -0.05) is 6.07 Å². The van der Waals surface area contributed by atoms with Crippen LogP contribution in [0.25, 0.3) is 0 Å². The summed E-state index contributed by atoms with van der Waals surface area (Å²) in [5, 5.41) is 8.69. The molecular formula is C16H19N3O5S. The van der Waals surface area contributed by atoms with E-state index in [1.54, 1.807) is 11.0 Å². The molecule has 2 rings (SSSR count). The molecule has 0 unspecified atom stereocenters. The molecule has 0 radical (unpaired) electrons. The van der Waals surface area contributed by atoms with Gasteiger partial charge in [-0.05, 0) is 25.1 Å². The molecule has 1 aliphatic rings. The lowest BCUT2D eigenvalue weighted by atomic mass is 10.2. The molecule has 25 heavy (non-hydrogen) atoms. The zero-order valence-electron chi connectivity index (χ0n) is 14.0. The molecule has 1 fully saturated rings. The second-order valence-corrected chi connectivity index (χ2v) is 7.55. The van der Waals surface area contributed by atoms with Gasteiger partial charge in [-0.2, -0.15) is 9.57 Å². The standard InChI is InChI=1S/C16H19N3O5S/c1-12(11-17)24-16(21)14-4-3-5-15(10-14)25(22,23)19-8-6-18(7-9-19)13(2)20/h3-5,10,12H,6-9H2,1-2H3/t12-/m0/s1. The van der Waals surface area contributed by atoms with Gasteiger partial charge in [-0.15, -0.1) is 0 Å². The van der Waals surface area contributed by atoms with Gasteiger partial charge in [0.15, 0.2) is 6.10 Å². The predicted molar refractivity (Wildman–Crippen MR) is 87.9 cm³/mol. The van der Waals surface area contributed by atoms with Crippen molar-refractivity contribution in [1.29, 1.82) is 5.26 Å². The van der Waals surface area contributed by atoms with Crippen molar-refractivity contribution < 1.29 is 22.7 Å². The van der Waals surface area contributed by atoms with Gasteiger partial charge in [0.25, 0.3) is 0 Å². The molecule has 0 aliphatic carbocycles. The third kappa shape index (κ3) is 4.35. The lowest BCUT2D eigenvalue weighted by Gasteiger charge is -2.33. The van der Waals surface area contributed by atoms with E-state index < -0.39 is 22.1 Å². The van der Waals surface area contributed by atoms with Crippen molar-refractivity contribution in [2.75, 3.05) is 26.2 Å². The number of esters is 1. The number of piperazine rings is 1. The number of benzene rings is 1. The summed E-state index contributed by atoms with van der Waals surface area (Å²) in [4.78, 5) is 24.9. The van der Waals surface area contributed by atoms with Crippen LogP contribution in [-0.4, -0.2) is 61.8 Å². The van der Waals surface area contributed by atoms with Gasteiger partial charge in [0.2, 0.25) is 15.9 Å². The number of hydrogen-bond donors (Lipinski definition) is 0. The zero-order valence-corrected chi connectivity index (χ0v) is 14.8. The lowest BCUT2D eigenvalue weighted by Crippen LogP contribution is -2.49. The Kier molecular flexibility index (Phi) is 5.77. The Bertz CT molecular complexity index is 807. The Morgan fingerprint density at radius 3 is 2.44 bits per heavy atom. The number of ether oxygens (including phenoxy) is 1. The number of amides is 1. The van der Waals surface area contributed by atoms with Crippen LogP contribution in [0.1, 0.15) is 24.2 Å². The molecule has 0 N–H and O–H groups in total. The fourth-order valence-electron chi connectivity index (χ4n) is 2.43. The highest BCUT2D eigenvalue weighted by atomic mass is 32.2. The number of nitriles is 1. The molecule has 1 aliphatic heterocycles. The van der Waals surface area contributed by atoms with Crippen LogP contribution in [0.5, 0.6) is 0 Å². The second kappa shape index (κ2) is 7.63. The van der Waals surface area contributed by atoms with Crippen molar-refractivity contribution in [2.24, 2.45) is 0 Å². The molecule has 1 aromatic rings. The van der Waals surface area contributed by atoms with Crippen LogP contribution in [0.2, 0.25) is 0 Å². The van der Waals surface area contributed by atoms with Gasteiger partial charge in [0.1, 0.15) is 6.07 Å². The van der Waals surface area contributed by atoms with E-state index in [1.165, 1.54) is 42.4 Å². The second-order valence-electron chi connectivity index (χ2n) is 5.61. The summed E-state index contributed by atoms with van der Waals surface area (Å²) in [6, 6.07) is 7.29. The molecule has 8 nitrogen and oxygen atoms in total. The van der Waals surface area contributed by atoms with E-state index in [-0.39, 0.29) is 29.5 Å². The number of nitrogens with zero attached hydrogens (tertiary/aromatic N) is 3. The molecule has 0 bridgehead atoms. The minimum absolute atomic E-state index is 0.0252. The first-order valence-electron chi connectivity index (χ1n) is 7.72. The van der Waals surface area contributed by atoms with Gasteiger partial charge >= 0.3 is 5.97 Å². The number of carbonyl (C=O) groups is 2. The molecule has 0 aromatic heterocycles. The number of carbonyl (C=O) groups excluding carboxylic acids is 2. The highest BCUT2D eigenvalue weighted by Gasteiger charge is 2.29. The molecular weight excluding hydrogens is 346 g/mol.